The van der Waals surface area contributed by atoms with Gasteiger partial charge in [0.1, 0.15) is 18.2 Å². The SMILES string of the molecule is NC(=O)c1cc(F)c(-c2cccc3c2OCCN3)c2c1Cc1ccccc1-2. The van der Waals surface area contributed by atoms with Crippen molar-refractivity contribution in [1.82, 2.24) is 0 Å². The van der Waals surface area contributed by atoms with Crippen molar-refractivity contribution in [3.05, 3.63) is 71.0 Å². The van der Waals surface area contributed by atoms with E-state index < -0.39 is 11.7 Å². The number of hydrogen-bond donors (Lipinski definition) is 2. The summed E-state index contributed by atoms with van der Waals surface area (Å²) in [5, 5.41) is 3.29. The Morgan fingerprint density at radius 1 is 1.07 bits per heavy atom. The summed E-state index contributed by atoms with van der Waals surface area (Å²) < 4.78 is 21.2. The highest BCUT2D eigenvalue weighted by Crippen LogP contribution is 2.49. The van der Waals surface area contributed by atoms with Crippen LogP contribution in [0.2, 0.25) is 0 Å². The van der Waals surface area contributed by atoms with Gasteiger partial charge in [0.2, 0.25) is 5.91 Å². The number of primary amides is 1. The number of nitrogens with two attached hydrogens (primary N) is 1. The lowest BCUT2D eigenvalue weighted by molar-refractivity contribution is 0.0999. The maximum atomic E-state index is 15.3. The molecule has 0 atom stereocenters. The number of anilines is 1. The average Bonchev–Trinajstić information content (AvgIpc) is 3.06. The van der Waals surface area contributed by atoms with E-state index in [1.165, 1.54) is 6.07 Å². The average molecular weight is 360 g/mol. The Hall–Kier alpha value is -3.34. The minimum absolute atomic E-state index is 0.242. The summed E-state index contributed by atoms with van der Waals surface area (Å²) in [5.41, 5.74) is 11.3. The van der Waals surface area contributed by atoms with E-state index in [2.05, 4.69) is 5.32 Å². The molecule has 5 rings (SSSR count). The van der Waals surface area contributed by atoms with Crippen LogP contribution in [0.5, 0.6) is 5.75 Å². The van der Waals surface area contributed by atoms with Crippen LogP contribution in [-0.2, 0) is 6.42 Å². The van der Waals surface area contributed by atoms with E-state index in [-0.39, 0.29) is 5.56 Å². The summed E-state index contributed by atoms with van der Waals surface area (Å²) in [7, 11) is 0. The van der Waals surface area contributed by atoms with Gasteiger partial charge in [-0.3, -0.25) is 4.79 Å². The van der Waals surface area contributed by atoms with Gasteiger partial charge in [0.05, 0.1) is 5.69 Å². The second kappa shape index (κ2) is 5.84. The van der Waals surface area contributed by atoms with Gasteiger partial charge in [0, 0.05) is 23.2 Å². The zero-order valence-corrected chi connectivity index (χ0v) is 14.5. The van der Waals surface area contributed by atoms with Crippen molar-refractivity contribution in [3.63, 3.8) is 0 Å². The van der Waals surface area contributed by atoms with Crippen molar-refractivity contribution >= 4 is 11.6 Å². The molecule has 3 N–H and O–H groups in total. The van der Waals surface area contributed by atoms with Crippen molar-refractivity contribution in [1.29, 1.82) is 0 Å². The highest BCUT2D eigenvalue weighted by Gasteiger charge is 2.30. The smallest absolute Gasteiger partial charge is 0.249 e. The molecular weight excluding hydrogens is 343 g/mol. The quantitative estimate of drug-likeness (QED) is 0.569. The first-order chi connectivity index (χ1) is 13.1. The van der Waals surface area contributed by atoms with Crippen LogP contribution in [0.4, 0.5) is 10.1 Å². The van der Waals surface area contributed by atoms with Crippen molar-refractivity contribution in [3.8, 4) is 28.0 Å². The molecule has 0 aromatic heterocycles. The maximum absolute atomic E-state index is 15.3. The minimum atomic E-state index is -0.613. The number of rotatable bonds is 2. The summed E-state index contributed by atoms with van der Waals surface area (Å²) in [4.78, 5) is 12.0. The molecule has 1 heterocycles. The topological polar surface area (TPSA) is 64.4 Å². The van der Waals surface area contributed by atoms with E-state index in [4.69, 9.17) is 10.5 Å². The third-order valence-electron chi connectivity index (χ3n) is 5.25. The van der Waals surface area contributed by atoms with Gasteiger partial charge < -0.3 is 15.8 Å². The normalized spacial score (nSPS) is 13.8. The largest absolute Gasteiger partial charge is 0.489 e. The first-order valence-electron chi connectivity index (χ1n) is 8.88. The third-order valence-corrected chi connectivity index (χ3v) is 5.25. The first-order valence-corrected chi connectivity index (χ1v) is 8.88. The Balaban J connectivity index is 1.86. The van der Waals surface area contributed by atoms with Crippen molar-refractivity contribution in [2.45, 2.75) is 6.42 Å². The molecule has 0 fully saturated rings. The summed E-state index contributed by atoms with van der Waals surface area (Å²) >= 11 is 0. The van der Waals surface area contributed by atoms with E-state index in [0.29, 0.717) is 36.4 Å². The summed E-state index contributed by atoms with van der Waals surface area (Å²) in [6, 6.07) is 14.7. The Labute approximate surface area is 155 Å². The van der Waals surface area contributed by atoms with Gasteiger partial charge in [-0.1, -0.05) is 36.4 Å². The monoisotopic (exact) mass is 360 g/mol. The van der Waals surface area contributed by atoms with Gasteiger partial charge in [0.25, 0.3) is 0 Å². The number of amides is 1. The van der Waals surface area contributed by atoms with Crippen LogP contribution in [0.15, 0.2) is 48.5 Å². The molecule has 0 bridgehead atoms. The molecule has 2 aliphatic rings. The summed E-state index contributed by atoms with van der Waals surface area (Å²) in [6.07, 6.45) is 0.561. The predicted molar refractivity (Wildman–Crippen MR) is 103 cm³/mol. The van der Waals surface area contributed by atoms with E-state index in [9.17, 15) is 4.79 Å². The molecule has 27 heavy (non-hydrogen) atoms. The van der Waals surface area contributed by atoms with E-state index in [1.807, 2.05) is 42.5 Å². The molecule has 1 aliphatic heterocycles. The minimum Gasteiger partial charge on any atom is -0.489 e. The van der Waals surface area contributed by atoms with Crippen LogP contribution in [-0.4, -0.2) is 19.1 Å². The number of carbonyl (C=O) groups excluding carboxylic acids is 1. The number of ether oxygens (including phenoxy) is 1. The number of carbonyl (C=O) groups is 1. The van der Waals surface area contributed by atoms with Gasteiger partial charge in [0.15, 0.2) is 0 Å². The number of para-hydroxylation sites is 1. The lowest BCUT2D eigenvalue weighted by Crippen LogP contribution is -2.19. The molecule has 1 amide bonds. The van der Waals surface area contributed by atoms with Crippen LogP contribution < -0.4 is 15.8 Å². The fourth-order valence-corrected chi connectivity index (χ4v) is 4.13. The van der Waals surface area contributed by atoms with Crippen LogP contribution in [0.1, 0.15) is 21.5 Å². The number of hydrogen-bond acceptors (Lipinski definition) is 3. The lowest BCUT2D eigenvalue weighted by Gasteiger charge is -2.23. The lowest BCUT2D eigenvalue weighted by atomic mass is 9.90. The zero-order chi connectivity index (χ0) is 18.5. The van der Waals surface area contributed by atoms with Gasteiger partial charge in [-0.05, 0) is 40.8 Å². The summed E-state index contributed by atoms with van der Waals surface area (Å²) in [5.74, 6) is -0.444. The predicted octanol–water partition coefficient (Wildman–Crippen LogP) is 3.97. The second-order valence-corrected chi connectivity index (χ2v) is 6.79. The number of halogens is 1. The van der Waals surface area contributed by atoms with Gasteiger partial charge >= 0.3 is 0 Å². The van der Waals surface area contributed by atoms with E-state index >= 15 is 4.39 Å². The molecule has 0 radical (unpaired) electrons. The molecule has 3 aromatic carbocycles. The molecule has 0 spiro atoms. The molecule has 0 saturated carbocycles. The van der Waals surface area contributed by atoms with Crippen molar-refractivity contribution in [2.24, 2.45) is 5.73 Å². The van der Waals surface area contributed by atoms with Crippen molar-refractivity contribution < 1.29 is 13.9 Å². The maximum Gasteiger partial charge on any atom is 0.249 e. The van der Waals surface area contributed by atoms with Crippen LogP contribution in [0.25, 0.3) is 22.3 Å². The summed E-state index contributed by atoms with van der Waals surface area (Å²) in [6.45, 7) is 1.23. The molecule has 0 saturated heterocycles. The Kier molecular flexibility index (Phi) is 3.44. The highest BCUT2D eigenvalue weighted by molar-refractivity contribution is 6.02. The molecule has 3 aromatic rings. The van der Waals surface area contributed by atoms with Crippen molar-refractivity contribution in [2.75, 3.05) is 18.5 Å². The third kappa shape index (κ3) is 2.31. The number of fused-ring (bicyclic) bond motifs is 4. The molecule has 134 valence electrons. The van der Waals surface area contributed by atoms with E-state index in [1.54, 1.807) is 0 Å². The zero-order valence-electron chi connectivity index (χ0n) is 14.5. The van der Waals surface area contributed by atoms with Gasteiger partial charge in [-0.2, -0.15) is 0 Å². The van der Waals surface area contributed by atoms with Crippen LogP contribution in [0, 0.1) is 5.82 Å². The number of nitrogens with one attached hydrogen (secondary N) is 1. The Morgan fingerprint density at radius 3 is 2.74 bits per heavy atom. The molecular formula is C22H17FN2O2. The Morgan fingerprint density at radius 2 is 1.89 bits per heavy atom. The standard InChI is InChI=1S/C22H17FN2O2/c23-17-11-16(22(24)26)15-10-12-4-1-2-5-13(12)19(15)20(17)14-6-3-7-18-21(14)27-9-8-25-18/h1-7,11,25H,8-10H2,(H2,24,26). The molecule has 0 unspecified atom stereocenters. The van der Waals surface area contributed by atoms with Gasteiger partial charge in [-0.15, -0.1) is 0 Å². The fraction of sp³-hybridized carbons (Fsp3) is 0.136. The molecule has 4 nitrogen and oxygen atoms in total. The van der Waals surface area contributed by atoms with Crippen LogP contribution >= 0.6 is 0 Å². The van der Waals surface area contributed by atoms with E-state index in [0.717, 1.165) is 27.9 Å². The first kappa shape index (κ1) is 15.9. The Bertz CT molecular complexity index is 1110. The van der Waals surface area contributed by atoms with Crippen LogP contribution in [0.3, 0.4) is 0 Å². The van der Waals surface area contributed by atoms with Gasteiger partial charge in [-0.25, -0.2) is 4.39 Å². The highest BCUT2D eigenvalue weighted by atomic mass is 19.1. The fourth-order valence-electron chi connectivity index (χ4n) is 4.13. The molecule has 5 heteroatoms. The second-order valence-electron chi connectivity index (χ2n) is 6.79. The molecule has 1 aliphatic carbocycles. The number of benzene rings is 3.